The first-order chi connectivity index (χ1) is 7.86. The number of rotatable bonds is 2. The van der Waals surface area contributed by atoms with Gasteiger partial charge in [0.1, 0.15) is 0 Å². The molecule has 0 aliphatic carbocycles. The first-order valence-electron chi connectivity index (χ1n) is 5.94. The van der Waals surface area contributed by atoms with Crippen LogP contribution in [0.25, 0.3) is 0 Å². The molecule has 1 heteroatoms. The third-order valence-electron chi connectivity index (χ3n) is 2.50. The van der Waals surface area contributed by atoms with E-state index in [1.54, 1.807) is 0 Å². The van der Waals surface area contributed by atoms with Crippen LogP contribution in [0.3, 0.4) is 0 Å². The van der Waals surface area contributed by atoms with Crippen LogP contribution in [-0.4, -0.2) is 0 Å². The van der Waals surface area contributed by atoms with Gasteiger partial charge >= 0.3 is 0 Å². The molecular formula is C16H20Ti. The SMILES string of the molecule is CCc1ccccc1.CCc1ccccc1.[Ti]. The molecule has 0 fully saturated rings. The third-order valence-corrected chi connectivity index (χ3v) is 2.50. The summed E-state index contributed by atoms with van der Waals surface area (Å²) < 4.78 is 0. The van der Waals surface area contributed by atoms with Crippen molar-refractivity contribution in [2.45, 2.75) is 26.7 Å². The summed E-state index contributed by atoms with van der Waals surface area (Å²) in [7, 11) is 0. The van der Waals surface area contributed by atoms with Crippen LogP contribution in [0.5, 0.6) is 0 Å². The molecule has 0 nitrogen and oxygen atoms in total. The zero-order valence-corrected chi connectivity index (χ0v) is 12.2. The van der Waals surface area contributed by atoms with E-state index in [4.69, 9.17) is 0 Å². The molecule has 0 amide bonds. The predicted octanol–water partition coefficient (Wildman–Crippen LogP) is 4.50. The van der Waals surface area contributed by atoms with Crippen molar-refractivity contribution in [2.75, 3.05) is 0 Å². The Morgan fingerprint density at radius 2 is 0.882 bits per heavy atom. The zero-order chi connectivity index (χ0) is 11.6. The molecule has 0 aliphatic rings. The van der Waals surface area contributed by atoms with Gasteiger partial charge in [0.05, 0.1) is 0 Å². The average molecular weight is 260 g/mol. The minimum Gasteiger partial charge on any atom is -0.0622 e. The second-order valence-electron chi connectivity index (χ2n) is 3.68. The molecule has 0 saturated heterocycles. The van der Waals surface area contributed by atoms with Gasteiger partial charge in [0.25, 0.3) is 0 Å². The number of benzene rings is 2. The molecule has 0 radical (unpaired) electrons. The minimum absolute atomic E-state index is 0. The van der Waals surface area contributed by atoms with E-state index in [9.17, 15) is 0 Å². The van der Waals surface area contributed by atoms with Crippen LogP contribution >= 0.6 is 0 Å². The first-order valence-corrected chi connectivity index (χ1v) is 5.94. The Morgan fingerprint density at radius 3 is 1.06 bits per heavy atom. The molecule has 0 spiro atoms. The van der Waals surface area contributed by atoms with Crippen molar-refractivity contribution in [1.82, 2.24) is 0 Å². The predicted molar refractivity (Wildman–Crippen MR) is 71.6 cm³/mol. The van der Waals surface area contributed by atoms with Gasteiger partial charge in [0.15, 0.2) is 0 Å². The van der Waals surface area contributed by atoms with Crippen LogP contribution in [0.1, 0.15) is 25.0 Å². The number of aryl methyl sites for hydroxylation is 2. The third kappa shape index (κ3) is 7.15. The summed E-state index contributed by atoms with van der Waals surface area (Å²) in [5.74, 6) is 0. The van der Waals surface area contributed by atoms with Gasteiger partial charge in [-0.2, -0.15) is 0 Å². The molecule has 88 valence electrons. The van der Waals surface area contributed by atoms with Gasteiger partial charge in [-0.25, -0.2) is 0 Å². The normalized spacial score (nSPS) is 8.59. The summed E-state index contributed by atoms with van der Waals surface area (Å²) in [6, 6.07) is 20.9. The summed E-state index contributed by atoms with van der Waals surface area (Å²) in [6.45, 7) is 4.32. The monoisotopic (exact) mass is 260 g/mol. The molecule has 0 heterocycles. The van der Waals surface area contributed by atoms with Gasteiger partial charge < -0.3 is 0 Å². The Bertz CT molecular complexity index is 328. The Kier molecular flexibility index (Phi) is 9.80. The molecule has 2 aromatic carbocycles. The summed E-state index contributed by atoms with van der Waals surface area (Å²) in [4.78, 5) is 0. The largest absolute Gasteiger partial charge is 0.0622 e. The van der Waals surface area contributed by atoms with Crippen molar-refractivity contribution >= 4 is 0 Å². The quantitative estimate of drug-likeness (QED) is 0.697. The van der Waals surface area contributed by atoms with E-state index in [1.165, 1.54) is 11.1 Å². The molecule has 0 N–H and O–H groups in total. The van der Waals surface area contributed by atoms with Crippen molar-refractivity contribution < 1.29 is 21.7 Å². The van der Waals surface area contributed by atoms with Gasteiger partial charge in [0, 0.05) is 21.7 Å². The maximum absolute atomic E-state index is 2.16. The molecule has 0 atom stereocenters. The maximum Gasteiger partial charge on any atom is 0 e. The van der Waals surface area contributed by atoms with Crippen molar-refractivity contribution in [3.8, 4) is 0 Å². The molecule has 2 aromatic rings. The standard InChI is InChI=1S/2C8H10.Ti/c2*1-2-8-6-4-3-5-7-8;/h2*3-7H,2H2,1H3;. The van der Waals surface area contributed by atoms with Crippen LogP contribution in [0.2, 0.25) is 0 Å². The average Bonchev–Trinajstić information content (AvgIpc) is 2.41. The van der Waals surface area contributed by atoms with Gasteiger partial charge in [0.2, 0.25) is 0 Å². The molecule has 2 rings (SSSR count). The van der Waals surface area contributed by atoms with Crippen molar-refractivity contribution in [3.63, 3.8) is 0 Å². The van der Waals surface area contributed by atoms with E-state index in [0.29, 0.717) is 0 Å². The second kappa shape index (κ2) is 10.3. The molecular weight excluding hydrogens is 240 g/mol. The van der Waals surface area contributed by atoms with Gasteiger partial charge in [-0.1, -0.05) is 74.5 Å². The zero-order valence-electron chi connectivity index (χ0n) is 10.7. The fourth-order valence-corrected chi connectivity index (χ4v) is 1.43. The van der Waals surface area contributed by atoms with Gasteiger partial charge in [-0.05, 0) is 24.0 Å². The molecule has 0 bridgehead atoms. The number of hydrogen-bond acceptors (Lipinski definition) is 0. The van der Waals surface area contributed by atoms with Crippen LogP contribution in [0, 0.1) is 0 Å². The topological polar surface area (TPSA) is 0 Å². The fourth-order valence-electron chi connectivity index (χ4n) is 1.43. The van der Waals surface area contributed by atoms with E-state index in [-0.39, 0.29) is 21.7 Å². The molecule has 0 unspecified atom stereocenters. The summed E-state index contributed by atoms with van der Waals surface area (Å²) >= 11 is 0. The Hall–Kier alpha value is -0.846. The van der Waals surface area contributed by atoms with E-state index in [0.717, 1.165) is 12.8 Å². The number of hydrogen-bond donors (Lipinski definition) is 0. The van der Waals surface area contributed by atoms with E-state index >= 15 is 0 Å². The van der Waals surface area contributed by atoms with Crippen LogP contribution in [0.4, 0.5) is 0 Å². The van der Waals surface area contributed by atoms with E-state index < -0.39 is 0 Å². The van der Waals surface area contributed by atoms with Gasteiger partial charge in [-0.15, -0.1) is 0 Å². The fraction of sp³-hybridized carbons (Fsp3) is 0.250. The Morgan fingerprint density at radius 1 is 0.588 bits per heavy atom. The summed E-state index contributed by atoms with van der Waals surface area (Å²) in [5, 5.41) is 0. The summed E-state index contributed by atoms with van der Waals surface area (Å²) in [5.41, 5.74) is 2.82. The first kappa shape index (κ1) is 16.2. The van der Waals surface area contributed by atoms with Gasteiger partial charge in [-0.3, -0.25) is 0 Å². The molecule has 0 saturated carbocycles. The van der Waals surface area contributed by atoms with Crippen molar-refractivity contribution in [2.24, 2.45) is 0 Å². The molecule has 0 aliphatic heterocycles. The van der Waals surface area contributed by atoms with Crippen LogP contribution < -0.4 is 0 Å². The second-order valence-corrected chi connectivity index (χ2v) is 3.68. The summed E-state index contributed by atoms with van der Waals surface area (Å²) in [6.07, 6.45) is 2.28. The Labute approximate surface area is 120 Å². The Balaban J connectivity index is 0.000000284. The van der Waals surface area contributed by atoms with Crippen LogP contribution in [0.15, 0.2) is 60.7 Å². The molecule has 17 heavy (non-hydrogen) atoms. The van der Waals surface area contributed by atoms with Crippen molar-refractivity contribution in [3.05, 3.63) is 71.8 Å². The van der Waals surface area contributed by atoms with E-state index in [2.05, 4.69) is 62.4 Å². The minimum atomic E-state index is 0. The van der Waals surface area contributed by atoms with Crippen molar-refractivity contribution in [1.29, 1.82) is 0 Å². The van der Waals surface area contributed by atoms with Crippen LogP contribution in [-0.2, 0) is 34.6 Å². The molecule has 0 aromatic heterocycles. The maximum atomic E-state index is 2.16. The smallest absolute Gasteiger partial charge is 0 e. The van der Waals surface area contributed by atoms with E-state index in [1.807, 2.05) is 12.1 Å².